The predicted octanol–water partition coefficient (Wildman–Crippen LogP) is 1.66. The Morgan fingerprint density at radius 1 is 1.36 bits per heavy atom. The van der Waals surface area contributed by atoms with Crippen LogP contribution in [0.3, 0.4) is 0 Å². The van der Waals surface area contributed by atoms with Crippen molar-refractivity contribution >= 4 is 0 Å². The molecule has 0 amide bonds. The lowest BCUT2D eigenvalue weighted by Crippen LogP contribution is -2.65. The van der Waals surface area contributed by atoms with E-state index in [2.05, 4.69) is 30.9 Å². The molecule has 1 aliphatic heterocycles. The minimum Gasteiger partial charge on any atom is -0.387 e. The summed E-state index contributed by atoms with van der Waals surface area (Å²) in [4.78, 5) is 2.39. The molecule has 2 rings (SSSR count). The number of likely N-dealkylation sites (tertiary alicyclic amines) is 1. The van der Waals surface area contributed by atoms with Crippen molar-refractivity contribution in [3.05, 3.63) is 12.2 Å². The predicted molar refractivity (Wildman–Crippen MR) is 58.1 cm³/mol. The van der Waals surface area contributed by atoms with Crippen LogP contribution in [-0.2, 0) is 0 Å². The van der Waals surface area contributed by atoms with E-state index in [4.69, 9.17) is 0 Å². The molecule has 0 aromatic rings. The molecule has 14 heavy (non-hydrogen) atoms. The monoisotopic (exact) mass is 195 g/mol. The third-order valence-corrected chi connectivity index (χ3v) is 3.69. The van der Waals surface area contributed by atoms with Crippen LogP contribution < -0.4 is 0 Å². The fourth-order valence-electron chi connectivity index (χ4n) is 2.41. The van der Waals surface area contributed by atoms with Gasteiger partial charge in [0.25, 0.3) is 0 Å². The minimum atomic E-state index is -0.397. The largest absolute Gasteiger partial charge is 0.387 e. The molecule has 1 N–H and O–H groups in total. The van der Waals surface area contributed by atoms with Gasteiger partial charge in [-0.2, -0.15) is 0 Å². The van der Waals surface area contributed by atoms with E-state index in [-0.39, 0.29) is 0 Å². The topological polar surface area (TPSA) is 23.5 Å². The molecule has 0 bridgehead atoms. The second-order valence-corrected chi connectivity index (χ2v) is 5.24. The first-order valence-electron chi connectivity index (χ1n) is 5.70. The van der Waals surface area contributed by atoms with E-state index in [1.165, 1.54) is 19.4 Å². The van der Waals surface area contributed by atoms with Crippen LogP contribution in [-0.4, -0.2) is 35.2 Å². The molecule has 2 heteroatoms. The molecule has 0 radical (unpaired) electrons. The number of allylic oxidation sites excluding steroid dienone is 2. The smallest absolute Gasteiger partial charge is 0.0922 e. The van der Waals surface area contributed by atoms with Crippen molar-refractivity contribution in [2.45, 2.75) is 32.3 Å². The molecule has 0 atom stereocenters. The fraction of sp³-hybridized carbons (Fsp3) is 0.833. The third kappa shape index (κ3) is 1.86. The average Bonchev–Trinajstić information content (AvgIpc) is 2.53. The number of β-amino-alcohol motifs (C(OH)–C–C–N with tert-alkyl or cyclic N) is 1. The Bertz CT molecular complexity index is 218. The molecule has 1 heterocycles. The quantitative estimate of drug-likeness (QED) is 0.692. The third-order valence-electron chi connectivity index (χ3n) is 3.69. The number of hydrogen-bond donors (Lipinski definition) is 1. The molecule has 0 spiro atoms. The second kappa shape index (κ2) is 3.67. The summed E-state index contributed by atoms with van der Waals surface area (Å²) in [6.45, 7) is 7.13. The van der Waals surface area contributed by atoms with Crippen molar-refractivity contribution in [2.75, 3.05) is 19.6 Å². The lowest BCUT2D eigenvalue weighted by molar-refractivity contribution is -0.130. The van der Waals surface area contributed by atoms with Crippen LogP contribution in [0.4, 0.5) is 0 Å². The number of rotatable bonds is 3. The molecule has 1 fully saturated rings. The lowest BCUT2D eigenvalue weighted by Gasteiger charge is -2.50. The van der Waals surface area contributed by atoms with Gasteiger partial charge in [0.05, 0.1) is 5.60 Å². The van der Waals surface area contributed by atoms with Crippen molar-refractivity contribution < 1.29 is 5.11 Å². The van der Waals surface area contributed by atoms with Gasteiger partial charge in [-0.15, -0.1) is 0 Å². The Labute approximate surface area is 86.6 Å². The molecule has 0 unspecified atom stereocenters. The van der Waals surface area contributed by atoms with Crippen molar-refractivity contribution in [1.82, 2.24) is 4.90 Å². The van der Waals surface area contributed by atoms with Crippen molar-refractivity contribution in [1.29, 1.82) is 0 Å². The van der Waals surface area contributed by atoms with E-state index in [9.17, 15) is 5.11 Å². The van der Waals surface area contributed by atoms with E-state index >= 15 is 0 Å². The van der Waals surface area contributed by atoms with Crippen molar-refractivity contribution in [2.24, 2.45) is 11.8 Å². The Hall–Kier alpha value is -0.340. The zero-order valence-electron chi connectivity index (χ0n) is 9.24. The standard InChI is InChI=1S/C12H21NO/c1-10(2)12(14)8-13(9-12)7-11-5-3-4-6-11/h3-4,10-11,14H,5-9H2,1-2H3. The van der Waals surface area contributed by atoms with Gasteiger partial charge in [0.15, 0.2) is 0 Å². The van der Waals surface area contributed by atoms with Gasteiger partial charge >= 0.3 is 0 Å². The van der Waals surface area contributed by atoms with E-state index < -0.39 is 5.60 Å². The van der Waals surface area contributed by atoms with Crippen molar-refractivity contribution in [3.8, 4) is 0 Å². The highest BCUT2D eigenvalue weighted by molar-refractivity contribution is 5.01. The van der Waals surface area contributed by atoms with Crippen LogP contribution >= 0.6 is 0 Å². The second-order valence-electron chi connectivity index (χ2n) is 5.24. The van der Waals surface area contributed by atoms with Gasteiger partial charge < -0.3 is 5.11 Å². The van der Waals surface area contributed by atoms with E-state index in [0.29, 0.717) is 5.92 Å². The SMILES string of the molecule is CC(C)C1(O)CN(CC2CC=CC2)C1. The van der Waals surface area contributed by atoms with Gasteiger partial charge in [-0.05, 0) is 24.7 Å². The van der Waals surface area contributed by atoms with Gasteiger partial charge in [-0.1, -0.05) is 26.0 Å². The first kappa shape index (κ1) is 10.2. The van der Waals surface area contributed by atoms with E-state index in [1.807, 2.05) is 0 Å². The van der Waals surface area contributed by atoms with Gasteiger partial charge in [0.1, 0.15) is 0 Å². The maximum Gasteiger partial charge on any atom is 0.0922 e. The zero-order chi connectivity index (χ0) is 10.2. The maximum absolute atomic E-state index is 10.1. The summed E-state index contributed by atoms with van der Waals surface area (Å²) in [6.07, 6.45) is 7.02. The summed E-state index contributed by atoms with van der Waals surface area (Å²) in [6, 6.07) is 0. The van der Waals surface area contributed by atoms with Crippen LogP contribution in [0.25, 0.3) is 0 Å². The first-order chi connectivity index (χ1) is 6.60. The highest BCUT2D eigenvalue weighted by Crippen LogP contribution is 2.30. The first-order valence-corrected chi connectivity index (χ1v) is 5.70. The number of hydrogen-bond acceptors (Lipinski definition) is 2. The Kier molecular flexibility index (Phi) is 2.67. The molecular formula is C12H21NO. The molecule has 0 aromatic heterocycles. The van der Waals surface area contributed by atoms with Crippen LogP contribution in [0, 0.1) is 11.8 Å². The molecule has 2 nitrogen and oxygen atoms in total. The van der Waals surface area contributed by atoms with E-state index in [0.717, 1.165) is 19.0 Å². The number of aliphatic hydroxyl groups is 1. The molecule has 80 valence electrons. The number of nitrogens with zero attached hydrogens (tertiary/aromatic N) is 1. The highest BCUT2D eigenvalue weighted by atomic mass is 16.3. The summed E-state index contributed by atoms with van der Waals surface area (Å²) in [5, 5.41) is 10.1. The summed E-state index contributed by atoms with van der Waals surface area (Å²) in [5.74, 6) is 1.20. The summed E-state index contributed by atoms with van der Waals surface area (Å²) in [7, 11) is 0. The summed E-state index contributed by atoms with van der Waals surface area (Å²) >= 11 is 0. The van der Waals surface area contributed by atoms with Crippen LogP contribution in [0.15, 0.2) is 12.2 Å². The fourth-order valence-corrected chi connectivity index (χ4v) is 2.41. The summed E-state index contributed by atoms with van der Waals surface area (Å²) < 4.78 is 0. The van der Waals surface area contributed by atoms with E-state index in [1.54, 1.807) is 0 Å². The molecule has 0 aromatic carbocycles. The molecule has 1 saturated heterocycles. The molecular weight excluding hydrogens is 174 g/mol. The van der Waals surface area contributed by atoms with Crippen LogP contribution in [0.1, 0.15) is 26.7 Å². The molecule has 1 aliphatic carbocycles. The van der Waals surface area contributed by atoms with Crippen molar-refractivity contribution in [3.63, 3.8) is 0 Å². The Morgan fingerprint density at radius 2 is 1.93 bits per heavy atom. The Balaban J connectivity index is 1.72. The lowest BCUT2D eigenvalue weighted by atomic mass is 9.82. The van der Waals surface area contributed by atoms with Gasteiger partial charge in [0.2, 0.25) is 0 Å². The van der Waals surface area contributed by atoms with Gasteiger partial charge in [-0.3, -0.25) is 4.90 Å². The normalized spacial score (nSPS) is 27.1. The van der Waals surface area contributed by atoms with Gasteiger partial charge in [-0.25, -0.2) is 0 Å². The molecule has 0 saturated carbocycles. The Morgan fingerprint density at radius 3 is 2.43 bits per heavy atom. The minimum absolute atomic E-state index is 0.389. The maximum atomic E-state index is 10.1. The zero-order valence-corrected chi connectivity index (χ0v) is 9.24. The highest BCUT2D eigenvalue weighted by Gasteiger charge is 2.43. The van der Waals surface area contributed by atoms with Crippen LogP contribution in [0.2, 0.25) is 0 Å². The summed E-state index contributed by atoms with van der Waals surface area (Å²) in [5.41, 5.74) is -0.397. The molecule has 2 aliphatic rings. The van der Waals surface area contributed by atoms with Crippen LogP contribution in [0.5, 0.6) is 0 Å². The van der Waals surface area contributed by atoms with Gasteiger partial charge in [0, 0.05) is 19.6 Å². The average molecular weight is 195 g/mol.